The predicted molar refractivity (Wildman–Crippen MR) is 76.6 cm³/mol. The molecule has 3 heterocycles. The maximum Gasteiger partial charge on any atom is 0.222 e. The first-order chi connectivity index (χ1) is 10.7. The van der Waals surface area contributed by atoms with Gasteiger partial charge in [0.05, 0.1) is 29.7 Å². The van der Waals surface area contributed by atoms with Gasteiger partial charge in [0, 0.05) is 18.0 Å². The van der Waals surface area contributed by atoms with Crippen LogP contribution in [0, 0.1) is 11.3 Å². The molecule has 0 spiro atoms. The van der Waals surface area contributed by atoms with E-state index in [9.17, 15) is 5.26 Å². The molecule has 1 fully saturated rings. The molecule has 3 aromatic heterocycles. The number of aromatic nitrogens is 5. The van der Waals surface area contributed by atoms with Gasteiger partial charge in [0.1, 0.15) is 5.54 Å². The molecule has 0 saturated heterocycles. The molecule has 0 amide bonds. The number of halogens is 1. The van der Waals surface area contributed by atoms with E-state index in [4.69, 9.17) is 16.0 Å². The molecule has 108 valence electrons. The van der Waals surface area contributed by atoms with Crippen molar-refractivity contribution in [3.05, 3.63) is 36.5 Å². The van der Waals surface area contributed by atoms with Crippen molar-refractivity contribution in [2.45, 2.75) is 18.4 Å². The third kappa shape index (κ3) is 1.96. The molecule has 1 aliphatic carbocycles. The minimum absolute atomic E-state index is 0.132. The minimum Gasteiger partial charge on any atom is -0.443 e. The fraction of sp³-hybridized carbons (Fsp3) is 0.214. The molecule has 7 nitrogen and oxygen atoms in total. The zero-order valence-corrected chi connectivity index (χ0v) is 12.0. The highest BCUT2D eigenvalue weighted by molar-refractivity contribution is 6.28. The summed E-state index contributed by atoms with van der Waals surface area (Å²) in [5, 5.41) is 13.7. The van der Waals surface area contributed by atoms with E-state index in [0.29, 0.717) is 17.0 Å². The van der Waals surface area contributed by atoms with Crippen LogP contribution < -0.4 is 0 Å². The molecule has 0 aromatic carbocycles. The van der Waals surface area contributed by atoms with Gasteiger partial charge in [-0.25, -0.2) is 15.0 Å². The van der Waals surface area contributed by atoms with Crippen molar-refractivity contribution in [1.29, 1.82) is 5.26 Å². The molecular weight excluding hydrogens is 304 g/mol. The third-order valence-electron chi connectivity index (χ3n) is 3.68. The Labute approximate surface area is 130 Å². The topological polar surface area (TPSA) is 93.4 Å². The van der Waals surface area contributed by atoms with E-state index < -0.39 is 5.54 Å². The summed E-state index contributed by atoms with van der Waals surface area (Å²) in [6.45, 7) is 0. The monoisotopic (exact) mass is 312 g/mol. The summed E-state index contributed by atoms with van der Waals surface area (Å²) in [4.78, 5) is 12.2. The number of hydrogen-bond donors (Lipinski definition) is 0. The summed E-state index contributed by atoms with van der Waals surface area (Å²) in [5.74, 6) is 0.542. The summed E-state index contributed by atoms with van der Waals surface area (Å²) in [6, 6.07) is 2.30. The van der Waals surface area contributed by atoms with Gasteiger partial charge in [-0.1, -0.05) is 0 Å². The van der Waals surface area contributed by atoms with E-state index in [0.717, 1.165) is 18.4 Å². The fourth-order valence-electron chi connectivity index (χ4n) is 2.30. The lowest BCUT2D eigenvalue weighted by Crippen LogP contribution is -2.14. The molecular formula is C14H9ClN6O. The van der Waals surface area contributed by atoms with Crippen LogP contribution in [0.3, 0.4) is 0 Å². The highest BCUT2D eigenvalue weighted by atomic mass is 35.5. The molecule has 22 heavy (non-hydrogen) atoms. The Morgan fingerprint density at radius 2 is 2.18 bits per heavy atom. The van der Waals surface area contributed by atoms with Gasteiger partial charge in [-0.3, -0.25) is 4.68 Å². The van der Waals surface area contributed by atoms with Gasteiger partial charge in [0.25, 0.3) is 0 Å². The first kappa shape index (κ1) is 13.0. The minimum atomic E-state index is -0.512. The lowest BCUT2D eigenvalue weighted by atomic mass is 10.1. The number of nitrogens with zero attached hydrogens (tertiary/aromatic N) is 6. The molecule has 3 aromatic rings. The summed E-state index contributed by atoms with van der Waals surface area (Å²) in [5.41, 5.74) is 1.50. The summed E-state index contributed by atoms with van der Waals surface area (Å²) in [7, 11) is 0. The second-order valence-corrected chi connectivity index (χ2v) is 5.42. The van der Waals surface area contributed by atoms with Crippen LogP contribution in [0.1, 0.15) is 12.8 Å². The van der Waals surface area contributed by atoms with Crippen LogP contribution in [0.25, 0.3) is 22.6 Å². The van der Waals surface area contributed by atoms with Gasteiger partial charge in [0.15, 0.2) is 12.2 Å². The molecule has 8 heteroatoms. The van der Waals surface area contributed by atoms with Gasteiger partial charge in [-0.15, -0.1) is 0 Å². The third-order valence-corrected chi connectivity index (χ3v) is 3.87. The quantitative estimate of drug-likeness (QED) is 0.690. The number of nitriles is 1. The van der Waals surface area contributed by atoms with Gasteiger partial charge in [-0.2, -0.15) is 10.4 Å². The summed E-state index contributed by atoms with van der Waals surface area (Å²) >= 11 is 5.92. The van der Waals surface area contributed by atoms with E-state index >= 15 is 0 Å². The first-order valence-corrected chi connectivity index (χ1v) is 6.98. The SMILES string of the molecule is N#CC1(n2cc(-c3nc(Cl)ncc3-c3cnco3)cn2)CC1. The lowest BCUT2D eigenvalue weighted by Gasteiger charge is -2.06. The molecule has 0 bridgehead atoms. The van der Waals surface area contributed by atoms with Crippen LogP contribution >= 0.6 is 11.6 Å². The van der Waals surface area contributed by atoms with E-state index in [-0.39, 0.29) is 5.28 Å². The van der Waals surface area contributed by atoms with Gasteiger partial charge < -0.3 is 4.42 Å². The maximum absolute atomic E-state index is 9.26. The van der Waals surface area contributed by atoms with Gasteiger partial charge in [-0.05, 0) is 24.4 Å². The molecule has 1 aliphatic rings. The zero-order valence-electron chi connectivity index (χ0n) is 11.3. The average molecular weight is 313 g/mol. The second-order valence-electron chi connectivity index (χ2n) is 5.08. The Hall–Kier alpha value is -2.72. The largest absolute Gasteiger partial charge is 0.443 e. The first-order valence-electron chi connectivity index (χ1n) is 6.60. The van der Waals surface area contributed by atoms with Crippen LogP contribution in [0.15, 0.2) is 35.6 Å². The average Bonchev–Trinajstić information content (AvgIpc) is 2.94. The zero-order chi connectivity index (χ0) is 15.2. The molecule has 0 radical (unpaired) electrons. The Morgan fingerprint density at radius 1 is 1.32 bits per heavy atom. The second kappa shape index (κ2) is 4.64. The van der Waals surface area contributed by atoms with E-state index in [1.54, 1.807) is 29.5 Å². The number of hydrogen-bond acceptors (Lipinski definition) is 6. The normalized spacial score (nSPS) is 15.5. The van der Waals surface area contributed by atoms with E-state index in [1.807, 2.05) is 0 Å². The van der Waals surface area contributed by atoms with E-state index in [2.05, 4.69) is 26.1 Å². The van der Waals surface area contributed by atoms with Crippen molar-refractivity contribution in [3.63, 3.8) is 0 Å². The van der Waals surface area contributed by atoms with Crippen LogP contribution in [0.4, 0.5) is 0 Å². The summed E-state index contributed by atoms with van der Waals surface area (Å²) < 4.78 is 7.00. The van der Waals surface area contributed by atoms with Crippen molar-refractivity contribution in [1.82, 2.24) is 24.7 Å². The Bertz CT molecular complexity index is 875. The standard InChI is InChI=1S/C14H9ClN6O/c15-13-18-4-10(11-5-17-8-22-11)12(20-13)9-3-19-21(6-9)14(7-16)1-2-14/h3-6,8H,1-2H2. The van der Waals surface area contributed by atoms with Gasteiger partial charge in [0.2, 0.25) is 5.28 Å². The Kier molecular flexibility index (Phi) is 2.74. The summed E-state index contributed by atoms with van der Waals surface area (Å²) in [6.07, 6.45) is 9.59. The van der Waals surface area contributed by atoms with Crippen molar-refractivity contribution >= 4 is 11.6 Å². The van der Waals surface area contributed by atoms with Crippen molar-refractivity contribution in [2.24, 2.45) is 0 Å². The van der Waals surface area contributed by atoms with Crippen LogP contribution in [-0.2, 0) is 5.54 Å². The van der Waals surface area contributed by atoms with Crippen molar-refractivity contribution in [3.8, 4) is 28.7 Å². The predicted octanol–water partition coefficient (Wildman–Crippen LogP) is 2.66. The smallest absolute Gasteiger partial charge is 0.222 e. The van der Waals surface area contributed by atoms with Gasteiger partial charge >= 0.3 is 0 Å². The molecule has 0 atom stereocenters. The highest BCUT2D eigenvalue weighted by Gasteiger charge is 2.46. The van der Waals surface area contributed by atoms with Crippen molar-refractivity contribution in [2.75, 3.05) is 0 Å². The molecule has 0 aliphatic heterocycles. The lowest BCUT2D eigenvalue weighted by molar-refractivity contribution is 0.536. The Balaban J connectivity index is 1.83. The molecule has 0 N–H and O–H groups in total. The van der Waals surface area contributed by atoms with Crippen LogP contribution in [-0.4, -0.2) is 24.7 Å². The van der Waals surface area contributed by atoms with Crippen LogP contribution in [0.5, 0.6) is 0 Å². The van der Waals surface area contributed by atoms with Crippen LogP contribution in [0.2, 0.25) is 5.28 Å². The fourth-order valence-corrected chi connectivity index (χ4v) is 2.43. The molecule has 1 saturated carbocycles. The highest BCUT2D eigenvalue weighted by Crippen LogP contribution is 2.43. The molecule has 4 rings (SSSR count). The number of oxazole rings is 1. The van der Waals surface area contributed by atoms with E-state index in [1.165, 1.54) is 6.39 Å². The van der Waals surface area contributed by atoms with Crippen molar-refractivity contribution < 1.29 is 4.42 Å². The molecule has 0 unspecified atom stereocenters. The Morgan fingerprint density at radius 3 is 2.86 bits per heavy atom. The number of rotatable bonds is 3. The maximum atomic E-state index is 9.26.